The van der Waals surface area contributed by atoms with E-state index in [1.165, 1.54) is 22.0 Å². The second kappa shape index (κ2) is 5.03. The molecule has 0 aliphatic heterocycles. The van der Waals surface area contributed by atoms with E-state index in [0.29, 0.717) is 0 Å². The molecule has 1 fully saturated rings. The molecule has 1 aliphatic carbocycles. The number of hydrogen-bond donors (Lipinski definition) is 0. The van der Waals surface area contributed by atoms with E-state index in [0.717, 1.165) is 25.8 Å². The van der Waals surface area contributed by atoms with Crippen molar-refractivity contribution < 1.29 is 0 Å². The molecule has 1 aromatic heterocycles. The minimum absolute atomic E-state index is 0.262. The Morgan fingerprint density at radius 3 is 2.41 bits per heavy atom. The molecular formula is C20H18N2. The van der Waals surface area contributed by atoms with Gasteiger partial charge in [0, 0.05) is 23.6 Å². The first-order valence-electron chi connectivity index (χ1n) is 7.86. The van der Waals surface area contributed by atoms with Crippen molar-refractivity contribution in [2.24, 2.45) is 0 Å². The minimum atomic E-state index is -0.262. The van der Waals surface area contributed by atoms with Gasteiger partial charge in [0.05, 0.1) is 11.5 Å². The molecule has 0 N–H and O–H groups in total. The largest absolute Gasteiger partial charge is 0.343 e. The van der Waals surface area contributed by atoms with Crippen LogP contribution in [-0.2, 0) is 12.0 Å². The van der Waals surface area contributed by atoms with E-state index in [9.17, 15) is 5.26 Å². The maximum atomic E-state index is 9.69. The monoisotopic (exact) mass is 286 g/mol. The second-order valence-corrected chi connectivity index (χ2v) is 6.22. The maximum Gasteiger partial charge on any atom is 0.0843 e. The van der Waals surface area contributed by atoms with Gasteiger partial charge >= 0.3 is 0 Å². The summed E-state index contributed by atoms with van der Waals surface area (Å²) in [6.07, 6.45) is 5.34. The third-order valence-electron chi connectivity index (χ3n) is 4.92. The van der Waals surface area contributed by atoms with E-state index in [1.807, 2.05) is 6.07 Å². The SMILES string of the molecule is N#CC1(c2cn(Cc3ccccc3)c3ccccc23)CCC1. The van der Waals surface area contributed by atoms with Gasteiger partial charge < -0.3 is 4.57 Å². The van der Waals surface area contributed by atoms with Crippen molar-refractivity contribution in [3.63, 3.8) is 0 Å². The summed E-state index contributed by atoms with van der Waals surface area (Å²) >= 11 is 0. The summed E-state index contributed by atoms with van der Waals surface area (Å²) < 4.78 is 2.29. The Morgan fingerprint density at radius 1 is 1.00 bits per heavy atom. The fourth-order valence-electron chi connectivity index (χ4n) is 3.51. The zero-order valence-corrected chi connectivity index (χ0v) is 12.5. The van der Waals surface area contributed by atoms with Crippen LogP contribution in [0.4, 0.5) is 0 Å². The molecule has 1 aliphatic rings. The molecule has 108 valence electrons. The molecule has 4 rings (SSSR count). The van der Waals surface area contributed by atoms with Gasteiger partial charge in [-0.25, -0.2) is 0 Å². The Kier molecular flexibility index (Phi) is 3.01. The van der Waals surface area contributed by atoms with Crippen LogP contribution in [0.25, 0.3) is 10.9 Å². The van der Waals surface area contributed by atoms with Gasteiger partial charge in [0.2, 0.25) is 0 Å². The molecule has 3 aromatic rings. The lowest BCUT2D eigenvalue weighted by Gasteiger charge is -2.35. The Morgan fingerprint density at radius 2 is 1.73 bits per heavy atom. The van der Waals surface area contributed by atoms with Crippen LogP contribution < -0.4 is 0 Å². The molecule has 0 unspecified atom stereocenters. The first-order chi connectivity index (χ1) is 10.8. The topological polar surface area (TPSA) is 28.7 Å². The van der Waals surface area contributed by atoms with Crippen molar-refractivity contribution in [3.05, 3.63) is 71.9 Å². The molecule has 2 heteroatoms. The first-order valence-corrected chi connectivity index (χ1v) is 7.86. The lowest BCUT2D eigenvalue weighted by molar-refractivity contribution is 0.326. The number of hydrogen-bond acceptors (Lipinski definition) is 1. The first kappa shape index (κ1) is 13.2. The molecule has 0 amide bonds. The van der Waals surface area contributed by atoms with Crippen LogP contribution in [-0.4, -0.2) is 4.57 Å². The lowest BCUT2D eigenvalue weighted by atomic mass is 9.65. The number of fused-ring (bicyclic) bond motifs is 1. The van der Waals surface area contributed by atoms with Crippen LogP contribution in [0, 0.1) is 11.3 Å². The smallest absolute Gasteiger partial charge is 0.0843 e. The number of nitriles is 1. The summed E-state index contributed by atoms with van der Waals surface area (Å²) in [4.78, 5) is 0. The molecule has 22 heavy (non-hydrogen) atoms. The fraction of sp³-hybridized carbons (Fsp3) is 0.250. The van der Waals surface area contributed by atoms with Gasteiger partial charge in [-0.3, -0.25) is 0 Å². The van der Waals surface area contributed by atoms with E-state index < -0.39 is 0 Å². The van der Waals surface area contributed by atoms with Gasteiger partial charge in [0.15, 0.2) is 0 Å². The van der Waals surface area contributed by atoms with Gasteiger partial charge in [-0.2, -0.15) is 5.26 Å². The molecule has 2 aromatic carbocycles. The number of para-hydroxylation sites is 1. The van der Waals surface area contributed by atoms with Crippen molar-refractivity contribution >= 4 is 10.9 Å². The van der Waals surface area contributed by atoms with Crippen LogP contribution in [0.1, 0.15) is 30.4 Å². The number of nitrogens with zero attached hydrogens (tertiary/aromatic N) is 2. The molecule has 0 bridgehead atoms. The van der Waals surface area contributed by atoms with Crippen molar-refractivity contribution in [1.82, 2.24) is 4.57 Å². The van der Waals surface area contributed by atoms with Gasteiger partial charge in [-0.1, -0.05) is 48.5 Å². The van der Waals surface area contributed by atoms with E-state index in [4.69, 9.17) is 0 Å². The third kappa shape index (κ3) is 1.94. The maximum absolute atomic E-state index is 9.69. The van der Waals surface area contributed by atoms with Crippen molar-refractivity contribution in [3.8, 4) is 6.07 Å². The molecular weight excluding hydrogens is 268 g/mol. The number of aromatic nitrogens is 1. The summed E-state index contributed by atoms with van der Waals surface area (Å²) in [5, 5.41) is 10.9. The summed E-state index contributed by atoms with van der Waals surface area (Å²) in [6.45, 7) is 0.850. The van der Waals surface area contributed by atoms with Crippen molar-refractivity contribution in [2.75, 3.05) is 0 Å². The molecule has 2 nitrogen and oxygen atoms in total. The quantitative estimate of drug-likeness (QED) is 0.689. The van der Waals surface area contributed by atoms with E-state index in [-0.39, 0.29) is 5.41 Å². The highest BCUT2D eigenvalue weighted by Crippen LogP contribution is 2.46. The molecule has 0 radical (unpaired) electrons. The predicted molar refractivity (Wildman–Crippen MR) is 88.6 cm³/mol. The van der Waals surface area contributed by atoms with Gasteiger partial charge in [-0.05, 0) is 36.5 Å². The average Bonchev–Trinajstić information content (AvgIpc) is 2.88. The van der Waals surface area contributed by atoms with Crippen molar-refractivity contribution in [1.29, 1.82) is 5.26 Å². The average molecular weight is 286 g/mol. The van der Waals surface area contributed by atoms with E-state index >= 15 is 0 Å². The van der Waals surface area contributed by atoms with Gasteiger partial charge in [0.1, 0.15) is 0 Å². The summed E-state index contributed by atoms with van der Waals surface area (Å²) in [7, 11) is 0. The molecule has 0 saturated heterocycles. The molecule has 0 atom stereocenters. The molecule has 1 heterocycles. The highest BCUT2D eigenvalue weighted by Gasteiger charge is 2.41. The Balaban J connectivity index is 1.85. The summed E-state index contributed by atoms with van der Waals surface area (Å²) in [6, 6.07) is 21.5. The summed E-state index contributed by atoms with van der Waals surface area (Å²) in [5.74, 6) is 0. The molecule has 0 spiro atoms. The Hall–Kier alpha value is -2.53. The lowest BCUT2D eigenvalue weighted by Crippen LogP contribution is -2.32. The van der Waals surface area contributed by atoms with Crippen LogP contribution >= 0.6 is 0 Å². The second-order valence-electron chi connectivity index (χ2n) is 6.22. The summed E-state index contributed by atoms with van der Waals surface area (Å²) in [5.41, 5.74) is 3.46. The van der Waals surface area contributed by atoms with Gasteiger partial charge in [0.25, 0.3) is 0 Å². The Bertz CT molecular complexity index is 848. The minimum Gasteiger partial charge on any atom is -0.343 e. The highest BCUT2D eigenvalue weighted by atomic mass is 15.0. The van der Waals surface area contributed by atoms with Gasteiger partial charge in [-0.15, -0.1) is 0 Å². The van der Waals surface area contributed by atoms with E-state index in [1.54, 1.807) is 0 Å². The number of benzene rings is 2. The van der Waals surface area contributed by atoms with Crippen LogP contribution in [0.2, 0.25) is 0 Å². The third-order valence-corrected chi connectivity index (χ3v) is 4.92. The zero-order chi connectivity index (χ0) is 15.0. The molecule has 1 saturated carbocycles. The van der Waals surface area contributed by atoms with E-state index in [2.05, 4.69) is 65.4 Å². The van der Waals surface area contributed by atoms with Crippen molar-refractivity contribution in [2.45, 2.75) is 31.2 Å². The Labute approximate surface area is 130 Å². The van der Waals surface area contributed by atoms with Crippen LogP contribution in [0.3, 0.4) is 0 Å². The zero-order valence-electron chi connectivity index (χ0n) is 12.5. The predicted octanol–water partition coefficient (Wildman–Crippen LogP) is 4.63. The normalized spacial score (nSPS) is 16.1. The fourth-order valence-corrected chi connectivity index (χ4v) is 3.51. The van der Waals surface area contributed by atoms with Crippen LogP contribution in [0.5, 0.6) is 0 Å². The van der Waals surface area contributed by atoms with Crippen LogP contribution in [0.15, 0.2) is 60.8 Å². The standard InChI is InChI=1S/C20H18N2/c21-15-20(11-6-12-20)18-14-22(13-16-7-2-1-3-8-16)19-10-5-4-9-17(18)19/h1-5,7-10,14H,6,11-13H2. The highest BCUT2D eigenvalue weighted by molar-refractivity contribution is 5.86. The number of rotatable bonds is 3.